The molecule has 6 aliphatic rings. The maximum absolute atomic E-state index is 14.5. The smallest absolute Gasteiger partial charge is 0.282 e. The highest BCUT2D eigenvalue weighted by Crippen LogP contribution is 2.52. The Kier molecular flexibility index (Phi) is 9.20. The van der Waals surface area contributed by atoms with Crippen molar-refractivity contribution in [2.24, 2.45) is 5.41 Å². The Balaban J connectivity index is 0.793. The normalized spacial score (nSPS) is 25.1. The Bertz CT molecular complexity index is 1810. The van der Waals surface area contributed by atoms with Crippen molar-refractivity contribution in [1.29, 1.82) is 0 Å². The summed E-state index contributed by atoms with van der Waals surface area (Å²) in [4.78, 5) is 31.9. The minimum absolute atomic E-state index is 0.127. The predicted molar refractivity (Wildman–Crippen MR) is 193 cm³/mol. The summed E-state index contributed by atoms with van der Waals surface area (Å²) in [6, 6.07) is 5.68. The second-order valence-corrected chi connectivity index (χ2v) is 16.2. The number of amides is 1. The maximum atomic E-state index is 14.5. The number of benzene rings is 1. The molecule has 1 saturated carbocycles. The lowest BCUT2D eigenvalue weighted by Crippen LogP contribution is -2.65. The second kappa shape index (κ2) is 14.0. The molecule has 2 spiro atoms. The number of nitrogens with zero attached hydrogens (tertiary/aromatic N) is 8. The van der Waals surface area contributed by atoms with Gasteiger partial charge in [0.05, 0.1) is 36.5 Å². The van der Waals surface area contributed by atoms with Crippen molar-refractivity contribution in [1.82, 2.24) is 34.9 Å². The third kappa shape index (κ3) is 6.83. The van der Waals surface area contributed by atoms with E-state index >= 15 is 0 Å². The van der Waals surface area contributed by atoms with Gasteiger partial charge in [0.1, 0.15) is 29.7 Å². The monoisotopic (exact) mass is 728 g/mol. The highest BCUT2D eigenvalue weighted by molar-refractivity contribution is 5.97. The number of anilines is 1. The molecule has 0 bridgehead atoms. The number of rotatable bonds is 10. The van der Waals surface area contributed by atoms with E-state index in [4.69, 9.17) is 23.9 Å². The first-order chi connectivity index (χ1) is 25.8. The zero-order valence-corrected chi connectivity index (χ0v) is 30.7. The average Bonchev–Trinajstić information content (AvgIpc) is 3.60. The molecular weight excluding hydrogens is 679 g/mol. The van der Waals surface area contributed by atoms with Gasteiger partial charge in [-0.15, -0.1) is 10.2 Å². The van der Waals surface area contributed by atoms with Crippen LogP contribution < -0.4 is 14.4 Å². The van der Waals surface area contributed by atoms with E-state index < -0.39 is 5.82 Å². The molecule has 7 heterocycles. The van der Waals surface area contributed by atoms with Crippen LogP contribution in [0.3, 0.4) is 0 Å². The lowest BCUT2D eigenvalue weighted by molar-refractivity contribution is -0.111. The molecule has 2 aromatic heterocycles. The topological polar surface area (TPSA) is 119 Å². The van der Waals surface area contributed by atoms with Crippen LogP contribution in [0.5, 0.6) is 17.4 Å². The summed E-state index contributed by atoms with van der Waals surface area (Å²) in [6.07, 6.45) is 9.87. The molecule has 0 N–H and O–H groups in total. The number of aromatic nitrogens is 4. The van der Waals surface area contributed by atoms with E-state index in [1.54, 1.807) is 4.90 Å². The molecule has 1 aliphatic carbocycles. The number of carbonyl (C=O) groups is 1. The van der Waals surface area contributed by atoms with Gasteiger partial charge in [-0.2, -0.15) is 0 Å². The standard InChI is InChI=1S/C39H49FN8O5/c1-26-19-50-20-27(2)48(26)37(49)30-15-28(40)5-6-33(30)53-36-35(42-25-43-44-36)47-21-38(22-47)16-29(17-38)52-34-7-10-41-32-8-13-45(18-31(32)34)11-4-12-46-23-39(24-46)9-3-14-51-39/h5-7,10,15,25-27,29H,3-4,8-9,11-14,16-24H2,1-2H3/t26-,27-/m1/s1. The number of ether oxygens (including phenoxy) is 4. The summed E-state index contributed by atoms with van der Waals surface area (Å²) in [5.41, 5.74) is 2.83. The first-order valence-electron chi connectivity index (χ1n) is 19.3. The van der Waals surface area contributed by atoms with Crippen molar-refractivity contribution in [3.05, 3.63) is 59.4 Å². The zero-order chi connectivity index (χ0) is 36.2. The third-order valence-corrected chi connectivity index (χ3v) is 12.1. The number of likely N-dealkylation sites (tertiary alicyclic amines) is 1. The Morgan fingerprint density at radius 1 is 1.02 bits per heavy atom. The Labute approximate surface area is 309 Å². The van der Waals surface area contributed by atoms with E-state index in [0.29, 0.717) is 19.0 Å². The molecule has 3 aromatic rings. The summed E-state index contributed by atoms with van der Waals surface area (Å²) in [7, 11) is 0. The lowest BCUT2D eigenvalue weighted by Gasteiger charge is -2.58. The summed E-state index contributed by atoms with van der Waals surface area (Å²) in [5, 5.41) is 8.21. The molecule has 282 valence electrons. The number of pyridine rings is 1. The van der Waals surface area contributed by atoms with Crippen LogP contribution in [-0.4, -0.2) is 130 Å². The number of hydrogen-bond acceptors (Lipinski definition) is 12. The van der Waals surface area contributed by atoms with E-state index in [2.05, 4.69) is 29.9 Å². The van der Waals surface area contributed by atoms with Crippen LogP contribution in [0.2, 0.25) is 0 Å². The molecular formula is C39H49FN8O5. The van der Waals surface area contributed by atoms with Crippen LogP contribution in [0.1, 0.15) is 67.6 Å². The van der Waals surface area contributed by atoms with Gasteiger partial charge in [-0.1, -0.05) is 0 Å². The first kappa shape index (κ1) is 34.8. The molecule has 4 saturated heterocycles. The molecule has 0 radical (unpaired) electrons. The van der Waals surface area contributed by atoms with Crippen molar-refractivity contribution in [3.63, 3.8) is 0 Å². The fraction of sp³-hybridized carbons (Fsp3) is 0.615. The Morgan fingerprint density at radius 3 is 2.62 bits per heavy atom. The quantitative estimate of drug-likeness (QED) is 0.299. The van der Waals surface area contributed by atoms with E-state index in [1.807, 2.05) is 26.1 Å². The molecule has 1 amide bonds. The van der Waals surface area contributed by atoms with Crippen molar-refractivity contribution in [3.8, 4) is 17.4 Å². The molecule has 13 nitrogen and oxygen atoms in total. The van der Waals surface area contributed by atoms with Gasteiger partial charge in [-0.05, 0) is 83.3 Å². The molecule has 0 unspecified atom stereocenters. The van der Waals surface area contributed by atoms with Crippen LogP contribution in [-0.2, 0) is 22.4 Å². The average molecular weight is 729 g/mol. The SMILES string of the molecule is C[C@@H]1COC[C@@H](C)N1C(=O)c1cc(F)ccc1Oc1nncnc1N1CC2(CC(Oc3ccnc4c3CN(CCCN3CC5(CCCO5)C3)CC4)C2)C1. The summed E-state index contributed by atoms with van der Waals surface area (Å²) < 4.78 is 39.0. The van der Waals surface area contributed by atoms with E-state index in [-0.39, 0.29) is 52.3 Å². The molecule has 2 atom stereocenters. The molecule has 53 heavy (non-hydrogen) atoms. The molecule has 9 rings (SSSR count). The number of halogens is 1. The van der Waals surface area contributed by atoms with Crippen LogP contribution >= 0.6 is 0 Å². The van der Waals surface area contributed by atoms with Crippen LogP contribution in [0.15, 0.2) is 36.8 Å². The van der Waals surface area contributed by atoms with Crippen molar-refractivity contribution < 1.29 is 28.1 Å². The number of hydrogen-bond donors (Lipinski definition) is 0. The van der Waals surface area contributed by atoms with Gasteiger partial charge in [0.25, 0.3) is 11.8 Å². The lowest BCUT2D eigenvalue weighted by atomic mass is 9.61. The van der Waals surface area contributed by atoms with Gasteiger partial charge in [-0.3, -0.25) is 19.6 Å². The van der Waals surface area contributed by atoms with Crippen LogP contribution in [0, 0.1) is 11.2 Å². The minimum Gasteiger partial charge on any atom is -0.490 e. The van der Waals surface area contributed by atoms with Crippen molar-refractivity contribution >= 4 is 11.7 Å². The van der Waals surface area contributed by atoms with Gasteiger partial charge in [0.15, 0.2) is 5.82 Å². The predicted octanol–water partition coefficient (Wildman–Crippen LogP) is 4.11. The Morgan fingerprint density at radius 2 is 1.83 bits per heavy atom. The summed E-state index contributed by atoms with van der Waals surface area (Å²) in [5.74, 6) is 1.08. The van der Waals surface area contributed by atoms with Gasteiger partial charge >= 0.3 is 0 Å². The minimum atomic E-state index is -0.520. The van der Waals surface area contributed by atoms with Crippen LogP contribution in [0.25, 0.3) is 0 Å². The third-order valence-electron chi connectivity index (χ3n) is 12.1. The number of carbonyl (C=O) groups excluding carboxylic acids is 1. The highest BCUT2D eigenvalue weighted by atomic mass is 19.1. The fourth-order valence-electron chi connectivity index (χ4n) is 9.51. The van der Waals surface area contributed by atoms with Gasteiger partial charge < -0.3 is 28.7 Å². The summed E-state index contributed by atoms with van der Waals surface area (Å²) >= 11 is 0. The van der Waals surface area contributed by atoms with Gasteiger partial charge in [0, 0.05) is 75.2 Å². The number of fused-ring (bicyclic) bond motifs is 1. The van der Waals surface area contributed by atoms with Crippen molar-refractivity contribution in [2.75, 3.05) is 70.5 Å². The van der Waals surface area contributed by atoms with E-state index in [0.717, 1.165) is 96.1 Å². The fourth-order valence-corrected chi connectivity index (χ4v) is 9.51. The molecule has 14 heteroatoms. The summed E-state index contributed by atoms with van der Waals surface area (Å²) in [6.45, 7) is 13.5. The van der Waals surface area contributed by atoms with Crippen LogP contribution in [0.4, 0.5) is 10.2 Å². The largest absolute Gasteiger partial charge is 0.490 e. The van der Waals surface area contributed by atoms with Gasteiger partial charge in [0.2, 0.25) is 0 Å². The molecule has 1 aromatic carbocycles. The zero-order valence-electron chi connectivity index (χ0n) is 30.7. The highest BCUT2D eigenvalue weighted by Gasteiger charge is 2.54. The Hall–Kier alpha value is -3.98. The van der Waals surface area contributed by atoms with Gasteiger partial charge in [-0.25, -0.2) is 9.37 Å². The molecule has 5 fully saturated rings. The van der Waals surface area contributed by atoms with E-state index in [1.165, 1.54) is 42.9 Å². The first-order valence-corrected chi connectivity index (χ1v) is 19.3. The second-order valence-electron chi connectivity index (χ2n) is 16.2. The maximum Gasteiger partial charge on any atom is 0.282 e. The molecule has 5 aliphatic heterocycles. The van der Waals surface area contributed by atoms with E-state index in [9.17, 15) is 9.18 Å². The van der Waals surface area contributed by atoms with Crippen molar-refractivity contribution in [2.45, 2.75) is 82.7 Å². The number of morpholine rings is 1.